The van der Waals surface area contributed by atoms with E-state index < -0.39 is 0 Å². The molecule has 0 saturated heterocycles. The van der Waals surface area contributed by atoms with Gasteiger partial charge in [-0.1, -0.05) is 36.9 Å². The van der Waals surface area contributed by atoms with E-state index in [1.165, 1.54) is 0 Å². The van der Waals surface area contributed by atoms with Crippen LogP contribution in [-0.2, 0) is 16.1 Å². The summed E-state index contributed by atoms with van der Waals surface area (Å²) in [7, 11) is 0. The van der Waals surface area contributed by atoms with E-state index in [4.69, 9.17) is 4.74 Å². The van der Waals surface area contributed by atoms with Crippen LogP contribution in [0.4, 0.5) is 0 Å². The Morgan fingerprint density at radius 2 is 2.12 bits per heavy atom. The van der Waals surface area contributed by atoms with Crippen molar-refractivity contribution >= 4 is 6.29 Å². The van der Waals surface area contributed by atoms with Crippen molar-refractivity contribution in [2.24, 2.45) is 0 Å². The minimum Gasteiger partial charge on any atom is -0.369 e. The van der Waals surface area contributed by atoms with Crippen molar-refractivity contribution in [3.63, 3.8) is 0 Å². The molecule has 84 valence electrons. The van der Waals surface area contributed by atoms with Crippen LogP contribution in [0.25, 0.3) is 0 Å². The van der Waals surface area contributed by atoms with Crippen molar-refractivity contribution < 1.29 is 9.53 Å². The second kappa shape index (κ2) is 7.63. The number of hydrogen-bond acceptors (Lipinski definition) is 2. The van der Waals surface area contributed by atoms with Gasteiger partial charge in [0.25, 0.3) is 0 Å². The molecule has 1 unspecified atom stereocenters. The van der Waals surface area contributed by atoms with E-state index >= 15 is 0 Å². The zero-order valence-electron chi connectivity index (χ0n) is 9.26. The largest absolute Gasteiger partial charge is 0.369 e. The van der Waals surface area contributed by atoms with E-state index in [0.29, 0.717) is 19.4 Å². The normalized spacial score (nSPS) is 11.5. The molecule has 0 aliphatic heterocycles. The zero-order valence-corrected chi connectivity index (χ0v) is 9.26. The van der Waals surface area contributed by atoms with E-state index in [2.05, 4.69) is 12.3 Å². The molecule has 0 aliphatic rings. The predicted molar refractivity (Wildman–Crippen MR) is 64.0 cm³/mol. The molecule has 2 heteroatoms. The molecule has 0 aliphatic carbocycles. The van der Waals surface area contributed by atoms with Gasteiger partial charge in [0.15, 0.2) is 0 Å². The lowest BCUT2D eigenvalue weighted by Crippen LogP contribution is -2.09. The van der Waals surface area contributed by atoms with Crippen LogP contribution < -0.4 is 0 Å². The molecule has 0 saturated carbocycles. The molecule has 1 aromatic carbocycles. The summed E-state index contributed by atoms with van der Waals surface area (Å²) in [4.78, 5) is 10.3. The Bertz CT molecular complexity index is 350. The molecule has 2 nitrogen and oxygen atoms in total. The Labute approximate surface area is 96.2 Å². The van der Waals surface area contributed by atoms with Gasteiger partial charge in [0.05, 0.1) is 12.7 Å². The second-order valence-electron chi connectivity index (χ2n) is 3.45. The molecule has 0 bridgehead atoms. The van der Waals surface area contributed by atoms with Crippen LogP contribution in [0.1, 0.15) is 18.4 Å². The van der Waals surface area contributed by atoms with Gasteiger partial charge in [-0.2, -0.15) is 0 Å². The van der Waals surface area contributed by atoms with E-state index in [0.717, 1.165) is 11.8 Å². The summed E-state index contributed by atoms with van der Waals surface area (Å²) < 4.78 is 5.65. The van der Waals surface area contributed by atoms with E-state index in [-0.39, 0.29) is 6.10 Å². The molecule has 0 heterocycles. The first kappa shape index (κ1) is 12.4. The Hall–Kier alpha value is -1.63. The van der Waals surface area contributed by atoms with Crippen molar-refractivity contribution in [3.05, 3.63) is 54.3 Å². The van der Waals surface area contributed by atoms with Crippen LogP contribution in [0.2, 0.25) is 0 Å². The van der Waals surface area contributed by atoms with Gasteiger partial charge in [-0.3, -0.25) is 0 Å². The molecular formula is C14H16O2. The Morgan fingerprint density at radius 1 is 1.38 bits per heavy atom. The highest BCUT2D eigenvalue weighted by Crippen LogP contribution is 2.08. The van der Waals surface area contributed by atoms with Crippen LogP contribution in [0.5, 0.6) is 0 Å². The topological polar surface area (TPSA) is 26.3 Å². The number of benzene rings is 1. The first-order chi connectivity index (χ1) is 7.86. The van der Waals surface area contributed by atoms with Crippen molar-refractivity contribution in [3.8, 4) is 0 Å². The highest BCUT2D eigenvalue weighted by Gasteiger charge is 2.04. The smallest absolute Gasteiger partial charge is 0.120 e. The third kappa shape index (κ3) is 4.74. The van der Waals surface area contributed by atoms with Crippen molar-refractivity contribution in [2.45, 2.75) is 25.6 Å². The van der Waals surface area contributed by atoms with Gasteiger partial charge in [0.1, 0.15) is 6.29 Å². The van der Waals surface area contributed by atoms with Gasteiger partial charge in [-0.05, 0) is 18.1 Å². The summed E-state index contributed by atoms with van der Waals surface area (Å²) in [5.74, 6) is 0. The summed E-state index contributed by atoms with van der Waals surface area (Å²) in [5.41, 5.74) is 3.82. The highest BCUT2D eigenvalue weighted by molar-refractivity contribution is 5.49. The molecule has 0 amide bonds. The summed E-state index contributed by atoms with van der Waals surface area (Å²) >= 11 is 0. The quantitative estimate of drug-likeness (QED) is 0.517. The first-order valence-electron chi connectivity index (χ1n) is 5.32. The molecule has 0 spiro atoms. The fourth-order valence-corrected chi connectivity index (χ4v) is 1.36. The average molecular weight is 216 g/mol. The van der Waals surface area contributed by atoms with Crippen LogP contribution in [0, 0.1) is 0 Å². The van der Waals surface area contributed by atoms with Crippen molar-refractivity contribution in [2.75, 3.05) is 0 Å². The number of ether oxygens (including phenoxy) is 1. The lowest BCUT2D eigenvalue weighted by atomic mass is 10.2. The van der Waals surface area contributed by atoms with E-state index in [9.17, 15) is 4.79 Å². The molecule has 1 aromatic rings. The minimum atomic E-state index is -0.0806. The summed E-state index contributed by atoms with van der Waals surface area (Å²) in [6, 6.07) is 9.94. The third-order valence-electron chi connectivity index (χ3n) is 2.18. The van der Waals surface area contributed by atoms with Crippen LogP contribution >= 0.6 is 0 Å². The number of rotatable bonds is 7. The molecule has 0 N–H and O–H groups in total. The fourth-order valence-electron chi connectivity index (χ4n) is 1.36. The Kier molecular flexibility index (Phi) is 5.94. The number of carbonyl (C=O) groups excluding carboxylic acids is 1. The Balaban J connectivity index is 2.43. The number of carbonyl (C=O) groups is 1. The van der Waals surface area contributed by atoms with Gasteiger partial charge >= 0.3 is 0 Å². The molecule has 0 aromatic heterocycles. The van der Waals surface area contributed by atoms with Gasteiger partial charge in [0, 0.05) is 6.42 Å². The SMILES string of the molecule is C=C=CC(CCC=O)OCc1ccccc1. The second-order valence-corrected chi connectivity index (χ2v) is 3.45. The lowest BCUT2D eigenvalue weighted by molar-refractivity contribution is -0.108. The monoisotopic (exact) mass is 216 g/mol. The first-order valence-corrected chi connectivity index (χ1v) is 5.32. The summed E-state index contributed by atoms with van der Waals surface area (Å²) in [6.07, 6.45) is 3.75. The summed E-state index contributed by atoms with van der Waals surface area (Å²) in [6.45, 7) is 4.06. The predicted octanol–water partition coefficient (Wildman–Crippen LogP) is 2.89. The Morgan fingerprint density at radius 3 is 2.75 bits per heavy atom. The molecule has 0 fully saturated rings. The van der Waals surface area contributed by atoms with Crippen LogP contribution in [0.15, 0.2) is 48.7 Å². The minimum absolute atomic E-state index is 0.0806. The maximum atomic E-state index is 10.3. The van der Waals surface area contributed by atoms with Gasteiger partial charge in [-0.25, -0.2) is 0 Å². The summed E-state index contributed by atoms with van der Waals surface area (Å²) in [5, 5.41) is 0. The standard InChI is InChI=1S/C14H16O2/c1-2-7-14(10-6-11-15)16-12-13-8-4-3-5-9-13/h3-5,7-9,11,14H,1,6,10,12H2. The van der Waals surface area contributed by atoms with E-state index in [1.54, 1.807) is 6.08 Å². The van der Waals surface area contributed by atoms with Crippen molar-refractivity contribution in [1.29, 1.82) is 0 Å². The molecular weight excluding hydrogens is 200 g/mol. The maximum Gasteiger partial charge on any atom is 0.120 e. The van der Waals surface area contributed by atoms with Gasteiger partial charge in [0.2, 0.25) is 0 Å². The van der Waals surface area contributed by atoms with Crippen LogP contribution in [0.3, 0.4) is 0 Å². The maximum absolute atomic E-state index is 10.3. The average Bonchev–Trinajstić information content (AvgIpc) is 2.34. The number of hydrogen-bond donors (Lipinski definition) is 0. The highest BCUT2D eigenvalue weighted by atomic mass is 16.5. The molecule has 16 heavy (non-hydrogen) atoms. The van der Waals surface area contributed by atoms with Gasteiger partial charge in [-0.15, -0.1) is 5.73 Å². The third-order valence-corrected chi connectivity index (χ3v) is 2.18. The van der Waals surface area contributed by atoms with Gasteiger partial charge < -0.3 is 9.53 Å². The lowest BCUT2D eigenvalue weighted by Gasteiger charge is -2.11. The zero-order chi connectivity index (χ0) is 11.6. The van der Waals surface area contributed by atoms with Crippen molar-refractivity contribution in [1.82, 2.24) is 0 Å². The molecule has 1 rings (SSSR count). The van der Waals surface area contributed by atoms with E-state index in [1.807, 2.05) is 30.3 Å². The van der Waals surface area contributed by atoms with Crippen LogP contribution in [-0.4, -0.2) is 12.4 Å². The fraction of sp³-hybridized carbons (Fsp3) is 0.286. The molecule has 1 atom stereocenters. The number of aldehydes is 1. The molecule has 0 radical (unpaired) electrons.